The summed E-state index contributed by atoms with van der Waals surface area (Å²) in [5.74, 6) is 0.730. The molecule has 0 saturated carbocycles. The number of nitrogens with zero attached hydrogens (tertiary/aromatic N) is 1. The molecule has 1 heterocycles. The Bertz CT molecular complexity index is 157. The molecule has 0 spiro atoms. The van der Waals surface area contributed by atoms with Crippen molar-refractivity contribution < 1.29 is 0 Å². The fourth-order valence-electron chi connectivity index (χ4n) is 2.00. The first-order valence-electron chi connectivity index (χ1n) is 5.27. The van der Waals surface area contributed by atoms with Crippen molar-refractivity contribution >= 4 is 0 Å². The zero-order valence-electron chi connectivity index (χ0n) is 8.87. The van der Waals surface area contributed by atoms with Crippen LogP contribution in [0.25, 0.3) is 0 Å². The monoisotopic (exact) mass is 182 g/mol. The van der Waals surface area contributed by atoms with Crippen molar-refractivity contribution in [3.05, 3.63) is 12.7 Å². The van der Waals surface area contributed by atoms with Crippen molar-refractivity contribution in [3.8, 4) is 0 Å². The molecule has 1 saturated heterocycles. The minimum absolute atomic E-state index is 0.362. The highest BCUT2D eigenvalue weighted by Gasteiger charge is 2.23. The van der Waals surface area contributed by atoms with Crippen LogP contribution in [0.2, 0.25) is 0 Å². The molecule has 2 heteroatoms. The summed E-state index contributed by atoms with van der Waals surface area (Å²) in [5, 5.41) is 0. The molecule has 0 radical (unpaired) electrons. The minimum Gasteiger partial charge on any atom is -0.328 e. The van der Waals surface area contributed by atoms with Gasteiger partial charge in [-0.2, -0.15) is 0 Å². The van der Waals surface area contributed by atoms with E-state index in [1.165, 1.54) is 25.9 Å². The molecule has 2 N–H and O–H groups in total. The number of hydrogen-bond donors (Lipinski definition) is 1. The second-order valence-electron chi connectivity index (χ2n) is 4.21. The highest BCUT2D eigenvalue weighted by Crippen LogP contribution is 2.20. The maximum absolute atomic E-state index is 5.88. The third-order valence-corrected chi connectivity index (χ3v) is 3.23. The molecule has 1 aliphatic rings. The standard InChI is InChI=1S/C11H22N2/c1-4-9(2)13-7-5-11(6-8-13)10(3)12/h4,9-11H,1,5-8,12H2,2-3H3. The molecular weight excluding hydrogens is 160 g/mol. The molecule has 76 valence electrons. The normalized spacial score (nSPS) is 25.5. The van der Waals surface area contributed by atoms with E-state index in [0.717, 1.165) is 5.92 Å². The summed E-state index contributed by atoms with van der Waals surface area (Å²) in [6.07, 6.45) is 4.51. The Morgan fingerprint density at radius 1 is 1.38 bits per heavy atom. The van der Waals surface area contributed by atoms with Gasteiger partial charge in [-0.3, -0.25) is 4.90 Å². The summed E-state index contributed by atoms with van der Waals surface area (Å²) in [5.41, 5.74) is 5.88. The van der Waals surface area contributed by atoms with Crippen LogP contribution in [-0.2, 0) is 0 Å². The van der Waals surface area contributed by atoms with Gasteiger partial charge in [-0.1, -0.05) is 6.08 Å². The van der Waals surface area contributed by atoms with Gasteiger partial charge in [0.15, 0.2) is 0 Å². The zero-order chi connectivity index (χ0) is 9.84. The summed E-state index contributed by atoms with van der Waals surface area (Å²) >= 11 is 0. The molecule has 13 heavy (non-hydrogen) atoms. The third-order valence-electron chi connectivity index (χ3n) is 3.23. The molecule has 0 aromatic rings. The van der Waals surface area contributed by atoms with Gasteiger partial charge in [0.05, 0.1) is 0 Å². The van der Waals surface area contributed by atoms with Crippen molar-refractivity contribution in [2.75, 3.05) is 13.1 Å². The molecular formula is C11H22N2. The van der Waals surface area contributed by atoms with E-state index in [-0.39, 0.29) is 0 Å². The lowest BCUT2D eigenvalue weighted by Crippen LogP contribution is -2.42. The lowest BCUT2D eigenvalue weighted by molar-refractivity contribution is 0.152. The fraction of sp³-hybridized carbons (Fsp3) is 0.818. The van der Waals surface area contributed by atoms with E-state index >= 15 is 0 Å². The highest BCUT2D eigenvalue weighted by atomic mass is 15.1. The maximum Gasteiger partial charge on any atom is 0.0247 e. The van der Waals surface area contributed by atoms with Crippen LogP contribution >= 0.6 is 0 Å². The number of likely N-dealkylation sites (tertiary alicyclic amines) is 1. The molecule has 0 aliphatic carbocycles. The molecule has 2 unspecified atom stereocenters. The lowest BCUT2D eigenvalue weighted by Gasteiger charge is -2.36. The van der Waals surface area contributed by atoms with E-state index < -0.39 is 0 Å². The number of hydrogen-bond acceptors (Lipinski definition) is 2. The topological polar surface area (TPSA) is 29.3 Å². The van der Waals surface area contributed by atoms with Crippen LogP contribution in [0.1, 0.15) is 26.7 Å². The zero-order valence-corrected chi connectivity index (χ0v) is 8.87. The second kappa shape index (κ2) is 4.77. The van der Waals surface area contributed by atoms with E-state index in [4.69, 9.17) is 5.73 Å². The predicted molar refractivity (Wildman–Crippen MR) is 57.6 cm³/mol. The van der Waals surface area contributed by atoms with Gasteiger partial charge in [0.2, 0.25) is 0 Å². The van der Waals surface area contributed by atoms with Crippen molar-refractivity contribution in [1.82, 2.24) is 4.90 Å². The van der Waals surface area contributed by atoms with Gasteiger partial charge in [-0.15, -0.1) is 6.58 Å². The first-order chi connectivity index (χ1) is 6.15. The molecule has 0 amide bonds. The minimum atomic E-state index is 0.362. The number of nitrogens with two attached hydrogens (primary N) is 1. The molecule has 1 fully saturated rings. The molecule has 1 rings (SSSR count). The van der Waals surface area contributed by atoms with Gasteiger partial charge in [0.1, 0.15) is 0 Å². The number of rotatable bonds is 3. The molecule has 2 atom stereocenters. The highest BCUT2D eigenvalue weighted by molar-refractivity contribution is 4.87. The van der Waals surface area contributed by atoms with Gasteiger partial charge < -0.3 is 5.73 Å². The Hall–Kier alpha value is -0.340. The first kappa shape index (κ1) is 10.7. The van der Waals surface area contributed by atoms with Crippen LogP contribution in [0, 0.1) is 5.92 Å². The van der Waals surface area contributed by atoms with Crippen molar-refractivity contribution in [2.24, 2.45) is 11.7 Å². The Labute approximate surface area is 81.8 Å². The molecule has 1 aliphatic heterocycles. The smallest absolute Gasteiger partial charge is 0.0247 e. The molecule has 2 nitrogen and oxygen atoms in total. The van der Waals surface area contributed by atoms with Crippen LogP contribution < -0.4 is 5.73 Å². The Morgan fingerprint density at radius 2 is 1.92 bits per heavy atom. The maximum atomic E-state index is 5.88. The number of piperidine rings is 1. The van der Waals surface area contributed by atoms with Crippen LogP contribution in [0.4, 0.5) is 0 Å². The van der Waals surface area contributed by atoms with Gasteiger partial charge in [0.25, 0.3) is 0 Å². The summed E-state index contributed by atoms with van der Waals surface area (Å²) in [6.45, 7) is 10.5. The van der Waals surface area contributed by atoms with Crippen LogP contribution in [-0.4, -0.2) is 30.1 Å². The van der Waals surface area contributed by atoms with E-state index in [9.17, 15) is 0 Å². The van der Waals surface area contributed by atoms with E-state index in [1.807, 2.05) is 6.08 Å². The quantitative estimate of drug-likeness (QED) is 0.672. The largest absolute Gasteiger partial charge is 0.328 e. The van der Waals surface area contributed by atoms with Gasteiger partial charge in [-0.25, -0.2) is 0 Å². The van der Waals surface area contributed by atoms with Crippen LogP contribution in [0.5, 0.6) is 0 Å². The van der Waals surface area contributed by atoms with Gasteiger partial charge >= 0.3 is 0 Å². The van der Waals surface area contributed by atoms with Crippen molar-refractivity contribution in [3.63, 3.8) is 0 Å². The summed E-state index contributed by atoms with van der Waals surface area (Å²) in [6, 6.07) is 0.884. The molecule has 0 bridgehead atoms. The molecule has 0 aromatic carbocycles. The third kappa shape index (κ3) is 2.82. The summed E-state index contributed by atoms with van der Waals surface area (Å²) < 4.78 is 0. The van der Waals surface area contributed by atoms with Gasteiger partial charge in [0, 0.05) is 12.1 Å². The average Bonchev–Trinajstić information content (AvgIpc) is 2.17. The van der Waals surface area contributed by atoms with E-state index in [2.05, 4.69) is 25.3 Å². The van der Waals surface area contributed by atoms with E-state index in [1.54, 1.807) is 0 Å². The average molecular weight is 182 g/mol. The van der Waals surface area contributed by atoms with E-state index in [0.29, 0.717) is 12.1 Å². The lowest BCUT2D eigenvalue weighted by atomic mass is 9.90. The van der Waals surface area contributed by atoms with Crippen LogP contribution in [0.3, 0.4) is 0 Å². The predicted octanol–water partition coefficient (Wildman–Crippen LogP) is 1.62. The molecule has 0 aromatic heterocycles. The Morgan fingerprint density at radius 3 is 2.31 bits per heavy atom. The van der Waals surface area contributed by atoms with Crippen molar-refractivity contribution in [2.45, 2.75) is 38.8 Å². The summed E-state index contributed by atoms with van der Waals surface area (Å²) in [7, 11) is 0. The van der Waals surface area contributed by atoms with Crippen LogP contribution in [0.15, 0.2) is 12.7 Å². The second-order valence-corrected chi connectivity index (χ2v) is 4.21. The van der Waals surface area contributed by atoms with Gasteiger partial charge in [-0.05, 0) is 45.7 Å². The SMILES string of the molecule is C=CC(C)N1CCC(C(C)N)CC1. The Balaban J connectivity index is 2.34. The fourth-order valence-corrected chi connectivity index (χ4v) is 2.00. The Kier molecular flexibility index (Phi) is 3.94. The first-order valence-corrected chi connectivity index (χ1v) is 5.27. The summed E-state index contributed by atoms with van der Waals surface area (Å²) in [4.78, 5) is 2.48. The van der Waals surface area contributed by atoms with Crippen molar-refractivity contribution in [1.29, 1.82) is 0 Å².